The lowest BCUT2D eigenvalue weighted by molar-refractivity contribution is 0.743. The average Bonchev–Trinajstić information content (AvgIpc) is 2.29. The molecular formula is C12H17N3. The van der Waals surface area contributed by atoms with E-state index in [-0.39, 0.29) is 6.17 Å². The molecule has 0 aromatic rings. The number of rotatable bonds is 5. The number of aliphatic imine (C=N–C) groups is 1. The second-order valence-corrected chi connectivity index (χ2v) is 3.22. The summed E-state index contributed by atoms with van der Waals surface area (Å²) in [4.78, 5) is 4.33. The maximum Gasteiger partial charge on any atom is 0.145 e. The van der Waals surface area contributed by atoms with E-state index in [2.05, 4.69) is 28.5 Å². The Morgan fingerprint density at radius 3 is 3.00 bits per heavy atom. The van der Waals surface area contributed by atoms with E-state index in [1.165, 1.54) is 6.34 Å². The molecule has 2 N–H and O–H groups in total. The standard InChI is InChI=1S/C12H17N3/c1-2-3-9-14-12(15-10-13)11-7-5-4-6-8-11/h2-3,5,7-10,12H,4,6H2,1H3,(H2,13,15)/b3-2+,14-9?. The van der Waals surface area contributed by atoms with E-state index in [4.69, 9.17) is 5.41 Å². The molecular weight excluding hydrogens is 186 g/mol. The van der Waals surface area contributed by atoms with Crippen LogP contribution < -0.4 is 5.32 Å². The summed E-state index contributed by atoms with van der Waals surface area (Å²) < 4.78 is 0. The highest BCUT2D eigenvalue weighted by Gasteiger charge is 2.08. The van der Waals surface area contributed by atoms with Gasteiger partial charge in [0.05, 0.1) is 6.34 Å². The topological polar surface area (TPSA) is 48.2 Å². The van der Waals surface area contributed by atoms with Crippen molar-refractivity contribution in [2.45, 2.75) is 25.9 Å². The molecule has 80 valence electrons. The van der Waals surface area contributed by atoms with Gasteiger partial charge in [0, 0.05) is 6.21 Å². The molecule has 1 atom stereocenters. The van der Waals surface area contributed by atoms with Crippen molar-refractivity contribution in [2.24, 2.45) is 4.99 Å². The lowest BCUT2D eigenvalue weighted by atomic mass is 10.1. The molecule has 15 heavy (non-hydrogen) atoms. The van der Waals surface area contributed by atoms with Gasteiger partial charge in [0.1, 0.15) is 6.17 Å². The average molecular weight is 203 g/mol. The first-order valence-electron chi connectivity index (χ1n) is 5.14. The fraction of sp³-hybridized carbons (Fsp3) is 0.333. The first kappa shape index (κ1) is 11.4. The zero-order valence-electron chi connectivity index (χ0n) is 8.98. The maximum atomic E-state index is 7.05. The third-order valence-corrected chi connectivity index (χ3v) is 2.09. The van der Waals surface area contributed by atoms with Crippen molar-refractivity contribution in [1.29, 1.82) is 5.41 Å². The van der Waals surface area contributed by atoms with Crippen LogP contribution in [0.1, 0.15) is 19.8 Å². The van der Waals surface area contributed by atoms with Crippen LogP contribution >= 0.6 is 0 Å². The van der Waals surface area contributed by atoms with Crippen molar-refractivity contribution in [3.63, 3.8) is 0 Å². The summed E-state index contributed by atoms with van der Waals surface area (Å²) in [6.07, 6.45) is 15.1. The van der Waals surface area contributed by atoms with Crippen molar-refractivity contribution < 1.29 is 0 Å². The molecule has 0 saturated heterocycles. The number of nitrogens with zero attached hydrogens (tertiary/aromatic N) is 1. The summed E-state index contributed by atoms with van der Waals surface area (Å²) in [5, 5.41) is 9.95. The van der Waals surface area contributed by atoms with Crippen LogP contribution in [0.3, 0.4) is 0 Å². The molecule has 1 aliphatic rings. The van der Waals surface area contributed by atoms with Gasteiger partial charge in [-0.2, -0.15) is 0 Å². The minimum atomic E-state index is -0.129. The molecule has 0 amide bonds. The Kier molecular flexibility index (Phi) is 5.15. The molecule has 0 bridgehead atoms. The molecule has 3 heteroatoms. The molecule has 0 radical (unpaired) electrons. The highest BCUT2D eigenvalue weighted by atomic mass is 15.1. The van der Waals surface area contributed by atoms with E-state index in [0.29, 0.717) is 0 Å². The van der Waals surface area contributed by atoms with Crippen LogP contribution in [0.25, 0.3) is 0 Å². The summed E-state index contributed by atoms with van der Waals surface area (Å²) in [7, 11) is 0. The normalized spacial score (nSPS) is 18.1. The lowest BCUT2D eigenvalue weighted by Gasteiger charge is -2.15. The third-order valence-electron chi connectivity index (χ3n) is 2.09. The molecule has 1 aliphatic carbocycles. The van der Waals surface area contributed by atoms with Crippen LogP contribution in [0.5, 0.6) is 0 Å². The third kappa shape index (κ3) is 3.94. The zero-order valence-corrected chi connectivity index (χ0v) is 8.98. The van der Waals surface area contributed by atoms with E-state index in [0.717, 1.165) is 18.4 Å². The summed E-state index contributed by atoms with van der Waals surface area (Å²) in [6, 6.07) is 0. The highest BCUT2D eigenvalue weighted by molar-refractivity contribution is 5.71. The first-order valence-corrected chi connectivity index (χ1v) is 5.14. The Hall–Kier alpha value is -1.64. The van der Waals surface area contributed by atoms with Crippen LogP contribution in [0.2, 0.25) is 0 Å². The van der Waals surface area contributed by atoms with Crippen molar-refractivity contribution in [3.8, 4) is 0 Å². The molecule has 0 aromatic carbocycles. The minimum absolute atomic E-state index is 0.129. The molecule has 1 rings (SSSR count). The second kappa shape index (κ2) is 6.76. The SMILES string of the molecule is C/C=C/C=NC(NC=N)C1=CCCC=C1. The van der Waals surface area contributed by atoms with Crippen LogP contribution in [-0.4, -0.2) is 18.7 Å². The van der Waals surface area contributed by atoms with Crippen LogP contribution in [0.15, 0.2) is 40.9 Å². The molecule has 0 heterocycles. The molecule has 0 aromatic heterocycles. The number of allylic oxidation sites excluding steroid dienone is 4. The van der Waals surface area contributed by atoms with Crippen molar-refractivity contribution in [3.05, 3.63) is 36.0 Å². The Morgan fingerprint density at radius 2 is 2.40 bits per heavy atom. The van der Waals surface area contributed by atoms with Gasteiger partial charge in [0.15, 0.2) is 0 Å². The monoisotopic (exact) mass is 203 g/mol. The summed E-state index contributed by atoms with van der Waals surface area (Å²) in [5.41, 5.74) is 1.13. The Morgan fingerprint density at radius 1 is 1.53 bits per heavy atom. The fourth-order valence-corrected chi connectivity index (χ4v) is 1.36. The van der Waals surface area contributed by atoms with Gasteiger partial charge in [-0.1, -0.05) is 24.3 Å². The molecule has 0 spiro atoms. The van der Waals surface area contributed by atoms with E-state index >= 15 is 0 Å². The predicted molar refractivity (Wildman–Crippen MR) is 65.5 cm³/mol. The first-order chi connectivity index (χ1) is 7.38. The van der Waals surface area contributed by atoms with Gasteiger partial charge in [0.25, 0.3) is 0 Å². The molecule has 0 saturated carbocycles. The Labute approximate surface area is 90.8 Å². The van der Waals surface area contributed by atoms with Gasteiger partial charge >= 0.3 is 0 Å². The minimum Gasteiger partial charge on any atom is -0.351 e. The lowest BCUT2D eigenvalue weighted by Crippen LogP contribution is -2.27. The molecule has 3 nitrogen and oxygen atoms in total. The fourth-order valence-electron chi connectivity index (χ4n) is 1.36. The highest BCUT2D eigenvalue weighted by Crippen LogP contribution is 2.13. The molecule has 1 unspecified atom stereocenters. The summed E-state index contributed by atoms with van der Waals surface area (Å²) in [5.74, 6) is 0. The van der Waals surface area contributed by atoms with E-state index in [9.17, 15) is 0 Å². The van der Waals surface area contributed by atoms with Crippen LogP contribution in [-0.2, 0) is 0 Å². The Balaban J connectivity index is 2.68. The molecule has 0 fully saturated rings. The van der Waals surface area contributed by atoms with Gasteiger partial charge in [-0.15, -0.1) is 0 Å². The van der Waals surface area contributed by atoms with Crippen LogP contribution in [0.4, 0.5) is 0 Å². The van der Waals surface area contributed by atoms with Gasteiger partial charge in [-0.25, -0.2) is 0 Å². The van der Waals surface area contributed by atoms with E-state index in [1.54, 1.807) is 6.21 Å². The molecule has 0 aliphatic heterocycles. The van der Waals surface area contributed by atoms with Gasteiger partial charge < -0.3 is 5.32 Å². The zero-order chi connectivity index (χ0) is 10.9. The van der Waals surface area contributed by atoms with Crippen molar-refractivity contribution in [2.75, 3.05) is 0 Å². The summed E-state index contributed by atoms with van der Waals surface area (Å²) in [6.45, 7) is 1.95. The van der Waals surface area contributed by atoms with Crippen molar-refractivity contribution in [1.82, 2.24) is 5.32 Å². The maximum absolute atomic E-state index is 7.05. The van der Waals surface area contributed by atoms with Crippen LogP contribution in [0, 0.1) is 5.41 Å². The summed E-state index contributed by atoms with van der Waals surface area (Å²) >= 11 is 0. The van der Waals surface area contributed by atoms with E-state index < -0.39 is 0 Å². The van der Waals surface area contributed by atoms with Gasteiger partial charge in [-0.05, 0) is 31.4 Å². The van der Waals surface area contributed by atoms with E-state index in [1.807, 2.05) is 19.1 Å². The van der Waals surface area contributed by atoms with Gasteiger partial charge in [0.2, 0.25) is 0 Å². The quantitative estimate of drug-likeness (QED) is 0.523. The predicted octanol–water partition coefficient (Wildman–Crippen LogP) is 2.43. The number of hydrogen-bond donors (Lipinski definition) is 2. The van der Waals surface area contributed by atoms with Gasteiger partial charge in [-0.3, -0.25) is 10.4 Å². The van der Waals surface area contributed by atoms with Crippen molar-refractivity contribution >= 4 is 12.6 Å². The number of hydrogen-bond acceptors (Lipinski definition) is 2. The number of nitrogens with one attached hydrogen (secondary N) is 2. The second-order valence-electron chi connectivity index (χ2n) is 3.22. The largest absolute Gasteiger partial charge is 0.351 e. The smallest absolute Gasteiger partial charge is 0.145 e. The Bertz CT molecular complexity index is 311.